The number of rotatable bonds is 4. The zero-order valence-electron chi connectivity index (χ0n) is 11.1. The van der Waals surface area contributed by atoms with Crippen molar-refractivity contribution in [3.8, 4) is 5.75 Å². The molecule has 0 saturated heterocycles. The smallest absolute Gasteiger partial charge is 0.262 e. The second-order valence-electron chi connectivity index (χ2n) is 4.22. The van der Waals surface area contributed by atoms with E-state index in [0.29, 0.717) is 21.5 Å². The summed E-state index contributed by atoms with van der Waals surface area (Å²) >= 11 is 3.32. The number of benzene rings is 2. The SMILES string of the molecule is COc1ccc(Br)c(NS(=O)(=O)c2ccccc2C)c1. The molecule has 0 atom stereocenters. The largest absolute Gasteiger partial charge is 0.497 e. The number of ether oxygens (including phenoxy) is 1. The van der Waals surface area contributed by atoms with Crippen LogP contribution in [0.15, 0.2) is 51.8 Å². The van der Waals surface area contributed by atoms with Crippen LogP contribution in [-0.4, -0.2) is 15.5 Å². The first kappa shape index (κ1) is 14.9. The minimum absolute atomic E-state index is 0.259. The molecule has 106 valence electrons. The third-order valence-corrected chi connectivity index (χ3v) is 5.02. The number of nitrogens with one attached hydrogen (secondary N) is 1. The zero-order chi connectivity index (χ0) is 14.8. The van der Waals surface area contributed by atoms with Gasteiger partial charge in [-0.1, -0.05) is 18.2 Å². The number of sulfonamides is 1. The molecule has 0 amide bonds. The third-order valence-electron chi connectivity index (χ3n) is 2.80. The Balaban J connectivity index is 2.41. The van der Waals surface area contributed by atoms with Gasteiger partial charge in [0.15, 0.2) is 0 Å². The van der Waals surface area contributed by atoms with Gasteiger partial charge in [0.2, 0.25) is 0 Å². The van der Waals surface area contributed by atoms with Crippen LogP contribution in [-0.2, 0) is 10.0 Å². The Morgan fingerprint density at radius 2 is 1.85 bits per heavy atom. The second-order valence-corrected chi connectivity index (χ2v) is 6.72. The van der Waals surface area contributed by atoms with Crippen molar-refractivity contribution in [2.24, 2.45) is 0 Å². The Kier molecular flexibility index (Phi) is 4.35. The third kappa shape index (κ3) is 3.13. The summed E-state index contributed by atoms with van der Waals surface area (Å²) in [7, 11) is -2.10. The maximum Gasteiger partial charge on any atom is 0.262 e. The van der Waals surface area contributed by atoms with Crippen molar-refractivity contribution < 1.29 is 13.2 Å². The molecule has 0 saturated carbocycles. The van der Waals surface area contributed by atoms with Gasteiger partial charge in [-0.05, 0) is 46.6 Å². The van der Waals surface area contributed by atoms with Gasteiger partial charge >= 0.3 is 0 Å². The lowest BCUT2D eigenvalue weighted by atomic mass is 10.2. The Hall–Kier alpha value is -1.53. The molecule has 0 heterocycles. The maximum atomic E-state index is 12.4. The molecule has 2 rings (SSSR count). The zero-order valence-corrected chi connectivity index (χ0v) is 13.5. The number of aryl methyl sites for hydroxylation is 1. The van der Waals surface area contributed by atoms with Gasteiger partial charge in [0, 0.05) is 10.5 Å². The summed E-state index contributed by atoms with van der Waals surface area (Å²) < 4.78 is 33.1. The van der Waals surface area contributed by atoms with Crippen molar-refractivity contribution in [1.29, 1.82) is 0 Å². The summed E-state index contributed by atoms with van der Waals surface area (Å²) in [5, 5.41) is 0. The Morgan fingerprint density at radius 3 is 2.50 bits per heavy atom. The highest BCUT2D eigenvalue weighted by Crippen LogP contribution is 2.29. The predicted octanol–water partition coefficient (Wildman–Crippen LogP) is 3.57. The van der Waals surface area contributed by atoms with Crippen LogP contribution in [0, 0.1) is 6.92 Å². The Labute approximate surface area is 127 Å². The molecule has 2 aromatic carbocycles. The topological polar surface area (TPSA) is 55.4 Å². The van der Waals surface area contributed by atoms with E-state index in [1.54, 1.807) is 49.4 Å². The van der Waals surface area contributed by atoms with Crippen LogP contribution >= 0.6 is 15.9 Å². The fraction of sp³-hybridized carbons (Fsp3) is 0.143. The van der Waals surface area contributed by atoms with E-state index in [0.717, 1.165) is 0 Å². The lowest BCUT2D eigenvalue weighted by Gasteiger charge is -2.12. The lowest BCUT2D eigenvalue weighted by Crippen LogP contribution is -2.14. The first-order chi connectivity index (χ1) is 9.44. The van der Waals surface area contributed by atoms with Crippen molar-refractivity contribution in [1.82, 2.24) is 0 Å². The van der Waals surface area contributed by atoms with Gasteiger partial charge in [0.25, 0.3) is 10.0 Å². The number of methoxy groups -OCH3 is 1. The highest BCUT2D eigenvalue weighted by molar-refractivity contribution is 9.10. The van der Waals surface area contributed by atoms with Crippen LogP contribution in [0.3, 0.4) is 0 Å². The van der Waals surface area contributed by atoms with Crippen LogP contribution in [0.4, 0.5) is 5.69 Å². The molecule has 0 bridgehead atoms. The molecule has 0 aliphatic heterocycles. The molecule has 0 aliphatic rings. The standard InChI is InChI=1S/C14H14BrNO3S/c1-10-5-3-4-6-14(10)20(17,18)16-13-9-11(19-2)7-8-12(13)15/h3-9,16H,1-2H3. The number of hydrogen-bond donors (Lipinski definition) is 1. The van der Waals surface area contributed by atoms with E-state index in [2.05, 4.69) is 20.7 Å². The molecular formula is C14H14BrNO3S. The molecule has 0 aromatic heterocycles. The van der Waals surface area contributed by atoms with E-state index in [4.69, 9.17) is 4.74 Å². The molecule has 0 unspecified atom stereocenters. The van der Waals surface area contributed by atoms with Gasteiger partial charge in [-0.15, -0.1) is 0 Å². The van der Waals surface area contributed by atoms with E-state index in [1.165, 1.54) is 7.11 Å². The highest BCUT2D eigenvalue weighted by Gasteiger charge is 2.17. The van der Waals surface area contributed by atoms with E-state index in [1.807, 2.05) is 0 Å². The summed E-state index contributed by atoms with van der Waals surface area (Å²) in [4.78, 5) is 0.259. The molecule has 1 N–H and O–H groups in total. The van der Waals surface area contributed by atoms with Gasteiger partial charge in [-0.25, -0.2) is 8.42 Å². The van der Waals surface area contributed by atoms with Gasteiger partial charge in [0.05, 0.1) is 17.7 Å². The Bertz CT molecular complexity index is 729. The lowest BCUT2D eigenvalue weighted by molar-refractivity contribution is 0.415. The average Bonchev–Trinajstić information content (AvgIpc) is 2.41. The summed E-state index contributed by atoms with van der Waals surface area (Å²) in [5.74, 6) is 0.579. The quantitative estimate of drug-likeness (QED) is 0.911. The van der Waals surface area contributed by atoms with E-state index in [9.17, 15) is 8.42 Å². The molecule has 0 aliphatic carbocycles. The highest BCUT2D eigenvalue weighted by atomic mass is 79.9. The number of anilines is 1. The van der Waals surface area contributed by atoms with Gasteiger partial charge in [-0.2, -0.15) is 0 Å². The average molecular weight is 356 g/mol. The van der Waals surface area contributed by atoms with Gasteiger partial charge in [0.1, 0.15) is 5.75 Å². The van der Waals surface area contributed by atoms with E-state index >= 15 is 0 Å². The molecule has 6 heteroatoms. The predicted molar refractivity (Wildman–Crippen MR) is 82.7 cm³/mol. The summed E-state index contributed by atoms with van der Waals surface area (Å²) in [6.07, 6.45) is 0. The van der Waals surface area contributed by atoms with Gasteiger partial charge < -0.3 is 4.74 Å². The molecule has 20 heavy (non-hydrogen) atoms. The number of hydrogen-bond acceptors (Lipinski definition) is 3. The molecule has 4 nitrogen and oxygen atoms in total. The van der Waals surface area contributed by atoms with Crippen LogP contribution in [0.5, 0.6) is 5.75 Å². The van der Waals surface area contributed by atoms with Crippen LogP contribution in [0.25, 0.3) is 0 Å². The molecule has 0 fully saturated rings. The van der Waals surface area contributed by atoms with Crippen LogP contribution < -0.4 is 9.46 Å². The maximum absolute atomic E-state index is 12.4. The molecule has 2 aromatic rings. The monoisotopic (exact) mass is 355 g/mol. The van der Waals surface area contributed by atoms with E-state index < -0.39 is 10.0 Å². The van der Waals surface area contributed by atoms with Crippen LogP contribution in [0.1, 0.15) is 5.56 Å². The minimum Gasteiger partial charge on any atom is -0.497 e. The summed E-state index contributed by atoms with van der Waals surface area (Å²) in [5.41, 5.74) is 1.13. The first-order valence-electron chi connectivity index (χ1n) is 5.86. The van der Waals surface area contributed by atoms with Gasteiger partial charge in [-0.3, -0.25) is 4.72 Å². The van der Waals surface area contributed by atoms with Crippen molar-refractivity contribution in [3.63, 3.8) is 0 Å². The van der Waals surface area contributed by atoms with Crippen LogP contribution in [0.2, 0.25) is 0 Å². The molecular weight excluding hydrogens is 342 g/mol. The van der Waals surface area contributed by atoms with Crippen molar-refractivity contribution in [2.75, 3.05) is 11.8 Å². The van der Waals surface area contributed by atoms with E-state index in [-0.39, 0.29) is 4.90 Å². The second kappa shape index (κ2) is 5.85. The Morgan fingerprint density at radius 1 is 1.15 bits per heavy atom. The molecule has 0 spiro atoms. The fourth-order valence-electron chi connectivity index (χ4n) is 1.77. The minimum atomic E-state index is -3.63. The number of halogens is 1. The first-order valence-corrected chi connectivity index (χ1v) is 8.13. The van der Waals surface area contributed by atoms with Crippen molar-refractivity contribution in [3.05, 3.63) is 52.5 Å². The summed E-state index contributed by atoms with van der Waals surface area (Å²) in [6, 6.07) is 11.9. The van der Waals surface area contributed by atoms with Crippen molar-refractivity contribution in [2.45, 2.75) is 11.8 Å². The van der Waals surface area contributed by atoms with Crippen molar-refractivity contribution >= 4 is 31.6 Å². The summed E-state index contributed by atoms with van der Waals surface area (Å²) in [6.45, 7) is 1.76. The fourth-order valence-corrected chi connectivity index (χ4v) is 3.56. The molecule has 0 radical (unpaired) electrons. The normalized spacial score (nSPS) is 11.2.